The van der Waals surface area contributed by atoms with E-state index in [1.807, 2.05) is 18.2 Å². The molecule has 3 rings (SSSR count). The smallest absolute Gasteiger partial charge is 0.251 e. The van der Waals surface area contributed by atoms with Gasteiger partial charge in [0.15, 0.2) is 0 Å². The van der Waals surface area contributed by atoms with Crippen LogP contribution in [-0.2, 0) is 17.9 Å². The first-order chi connectivity index (χ1) is 9.79. The Balaban J connectivity index is 1.85. The van der Waals surface area contributed by atoms with E-state index in [1.54, 1.807) is 0 Å². The molecule has 1 N–H and O–H groups in total. The van der Waals surface area contributed by atoms with E-state index in [0.29, 0.717) is 12.2 Å². The first kappa shape index (κ1) is 13.1. The zero-order chi connectivity index (χ0) is 13.9. The van der Waals surface area contributed by atoms with E-state index in [2.05, 4.69) is 21.8 Å². The van der Waals surface area contributed by atoms with E-state index >= 15 is 0 Å². The molecule has 0 fully saturated rings. The minimum absolute atomic E-state index is 0.0254. The van der Waals surface area contributed by atoms with Crippen LogP contribution in [0.4, 0.5) is 0 Å². The summed E-state index contributed by atoms with van der Waals surface area (Å²) in [7, 11) is 0. The Morgan fingerprint density at radius 2 is 2.40 bits per heavy atom. The van der Waals surface area contributed by atoms with E-state index < -0.39 is 0 Å². The first-order valence-corrected chi connectivity index (χ1v) is 7.14. The van der Waals surface area contributed by atoms with Crippen molar-refractivity contribution in [2.75, 3.05) is 13.2 Å². The highest BCUT2D eigenvalue weighted by Gasteiger charge is 2.16. The second-order valence-electron chi connectivity index (χ2n) is 5.05. The largest absolute Gasteiger partial charge is 0.372 e. The van der Waals surface area contributed by atoms with Gasteiger partial charge in [-0.1, -0.05) is 13.3 Å². The Bertz CT molecular complexity index is 633. The number of carbonyl (C=O) groups excluding carboxylic acids is 1. The van der Waals surface area contributed by atoms with Gasteiger partial charge in [-0.15, -0.1) is 0 Å². The maximum atomic E-state index is 12.0. The Labute approximate surface area is 117 Å². The summed E-state index contributed by atoms with van der Waals surface area (Å²) in [4.78, 5) is 16.6. The second kappa shape index (κ2) is 5.63. The molecule has 1 aromatic carbocycles. The molecule has 106 valence electrons. The fraction of sp³-hybridized carbons (Fsp3) is 0.467. The van der Waals surface area contributed by atoms with Crippen molar-refractivity contribution in [3.63, 3.8) is 0 Å². The number of benzene rings is 1. The summed E-state index contributed by atoms with van der Waals surface area (Å²) < 4.78 is 7.57. The standard InChI is InChI=1S/C15H19N3O2/c1-2-3-6-16-15(19)11-4-5-13-12(9-11)17-14-10-20-8-7-18(13)14/h4-5,9H,2-3,6-8,10H2,1H3,(H,16,19). The number of hydrogen-bond donors (Lipinski definition) is 1. The number of unbranched alkanes of at least 4 members (excludes halogenated alkanes) is 1. The molecule has 0 saturated heterocycles. The van der Waals surface area contributed by atoms with Gasteiger partial charge >= 0.3 is 0 Å². The van der Waals surface area contributed by atoms with E-state index in [0.717, 1.165) is 49.4 Å². The molecule has 0 saturated carbocycles. The van der Waals surface area contributed by atoms with Crippen LogP contribution in [0.1, 0.15) is 35.9 Å². The Morgan fingerprint density at radius 3 is 3.25 bits per heavy atom. The molecule has 0 unspecified atom stereocenters. The summed E-state index contributed by atoms with van der Waals surface area (Å²) in [6.45, 7) is 4.93. The molecule has 5 heteroatoms. The number of ether oxygens (including phenoxy) is 1. The summed E-state index contributed by atoms with van der Waals surface area (Å²) in [6, 6.07) is 5.71. The molecule has 0 radical (unpaired) electrons. The molecule has 2 aromatic rings. The quantitative estimate of drug-likeness (QED) is 0.868. The fourth-order valence-corrected chi connectivity index (χ4v) is 2.48. The predicted molar refractivity (Wildman–Crippen MR) is 76.6 cm³/mol. The minimum atomic E-state index is -0.0254. The third kappa shape index (κ3) is 2.41. The van der Waals surface area contributed by atoms with E-state index in [1.165, 1.54) is 0 Å². The van der Waals surface area contributed by atoms with Gasteiger partial charge in [0.05, 0.1) is 17.6 Å². The number of amides is 1. The van der Waals surface area contributed by atoms with Gasteiger partial charge in [-0.05, 0) is 24.6 Å². The summed E-state index contributed by atoms with van der Waals surface area (Å²) >= 11 is 0. The topological polar surface area (TPSA) is 56.2 Å². The third-order valence-electron chi connectivity index (χ3n) is 3.60. The van der Waals surface area contributed by atoms with Crippen molar-refractivity contribution >= 4 is 16.9 Å². The van der Waals surface area contributed by atoms with Crippen LogP contribution in [0.3, 0.4) is 0 Å². The van der Waals surface area contributed by atoms with Gasteiger partial charge < -0.3 is 14.6 Å². The number of carbonyl (C=O) groups is 1. The van der Waals surface area contributed by atoms with E-state index in [-0.39, 0.29) is 5.91 Å². The zero-order valence-corrected chi connectivity index (χ0v) is 11.7. The van der Waals surface area contributed by atoms with E-state index in [4.69, 9.17) is 4.74 Å². The van der Waals surface area contributed by atoms with Crippen molar-refractivity contribution in [1.29, 1.82) is 0 Å². The number of aromatic nitrogens is 2. The van der Waals surface area contributed by atoms with Gasteiger partial charge in [-0.25, -0.2) is 4.98 Å². The van der Waals surface area contributed by atoms with Gasteiger partial charge in [0.25, 0.3) is 5.91 Å². The Kier molecular flexibility index (Phi) is 3.69. The van der Waals surface area contributed by atoms with Gasteiger partial charge in [-0.2, -0.15) is 0 Å². The van der Waals surface area contributed by atoms with Gasteiger partial charge in [0.2, 0.25) is 0 Å². The maximum absolute atomic E-state index is 12.0. The van der Waals surface area contributed by atoms with Crippen molar-refractivity contribution in [1.82, 2.24) is 14.9 Å². The van der Waals surface area contributed by atoms with Crippen LogP contribution in [0.25, 0.3) is 11.0 Å². The van der Waals surface area contributed by atoms with Crippen LogP contribution in [0.2, 0.25) is 0 Å². The van der Waals surface area contributed by atoms with Crippen molar-refractivity contribution in [3.05, 3.63) is 29.6 Å². The number of nitrogens with zero attached hydrogens (tertiary/aromatic N) is 2. The molecular formula is C15H19N3O2. The molecule has 20 heavy (non-hydrogen) atoms. The normalized spacial score (nSPS) is 14.2. The monoisotopic (exact) mass is 273 g/mol. The summed E-state index contributed by atoms with van der Waals surface area (Å²) in [6.07, 6.45) is 2.08. The molecular weight excluding hydrogens is 254 g/mol. The lowest BCUT2D eigenvalue weighted by molar-refractivity contribution is 0.0830. The van der Waals surface area contributed by atoms with Gasteiger partial charge in [-0.3, -0.25) is 4.79 Å². The van der Waals surface area contributed by atoms with Crippen LogP contribution in [0.15, 0.2) is 18.2 Å². The van der Waals surface area contributed by atoms with Crippen LogP contribution >= 0.6 is 0 Å². The van der Waals surface area contributed by atoms with Crippen molar-refractivity contribution in [3.8, 4) is 0 Å². The maximum Gasteiger partial charge on any atom is 0.251 e. The fourth-order valence-electron chi connectivity index (χ4n) is 2.48. The Hall–Kier alpha value is -1.88. The van der Waals surface area contributed by atoms with Crippen LogP contribution < -0.4 is 5.32 Å². The summed E-state index contributed by atoms with van der Waals surface area (Å²) in [5.74, 6) is 0.914. The second-order valence-corrected chi connectivity index (χ2v) is 5.05. The van der Waals surface area contributed by atoms with Crippen LogP contribution in [-0.4, -0.2) is 28.6 Å². The van der Waals surface area contributed by atoms with Crippen LogP contribution in [0, 0.1) is 0 Å². The average Bonchev–Trinajstić information content (AvgIpc) is 2.85. The zero-order valence-electron chi connectivity index (χ0n) is 11.7. The third-order valence-corrected chi connectivity index (χ3v) is 3.60. The lowest BCUT2D eigenvalue weighted by Crippen LogP contribution is -2.24. The predicted octanol–water partition coefficient (Wildman–Crippen LogP) is 2.10. The molecule has 0 bridgehead atoms. The molecule has 0 aliphatic carbocycles. The van der Waals surface area contributed by atoms with Gasteiger partial charge in [0.1, 0.15) is 12.4 Å². The molecule has 1 amide bonds. The van der Waals surface area contributed by atoms with Gasteiger partial charge in [0, 0.05) is 18.7 Å². The number of nitrogens with one attached hydrogen (secondary N) is 1. The van der Waals surface area contributed by atoms with Crippen molar-refractivity contribution < 1.29 is 9.53 Å². The molecule has 0 spiro atoms. The minimum Gasteiger partial charge on any atom is -0.372 e. The number of fused-ring (bicyclic) bond motifs is 3. The SMILES string of the molecule is CCCCNC(=O)c1ccc2c(c1)nc1n2CCOC1. The highest BCUT2D eigenvalue weighted by Crippen LogP contribution is 2.20. The molecule has 0 atom stereocenters. The van der Waals surface area contributed by atoms with E-state index in [9.17, 15) is 4.79 Å². The Morgan fingerprint density at radius 1 is 1.50 bits per heavy atom. The highest BCUT2D eigenvalue weighted by atomic mass is 16.5. The average molecular weight is 273 g/mol. The highest BCUT2D eigenvalue weighted by molar-refractivity contribution is 5.97. The lowest BCUT2D eigenvalue weighted by Gasteiger charge is -2.14. The van der Waals surface area contributed by atoms with Crippen LogP contribution in [0.5, 0.6) is 0 Å². The molecule has 2 heterocycles. The number of rotatable bonds is 4. The van der Waals surface area contributed by atoms with Crippen molar-refractivity contribution in [2.45, 2.75) is 32.9 Å². The summed E-state index contributed by atoms with van der Waals surface area (Å²) in [5, 5.41) is 2.93. The first-order valence-electron chi connectivity index (χ1n) is 7.14. The lowest BCUT2D eigenvalue weighted by atomic mass is 10.2. The number of imidazole rings is 1. The summed E-state index contributed by atoms with van der Waals surface area (Å²) in [5.41, 5.74) is 2.62. The molecule has 1 aromatic heterocycles. The van der Waals surface area contributed by atoms with Crippen molar-refractivity contribution in [2.24, 2.45) is 0 Å². The number of hydrogen-bond acceptors (Lipinski definition) is 3. The molecule has 5 nitrogen and oxygen atoms in total. The molecule has 1 aliphatic rings. The molecule has 1 aliphatic heterocycles.